The van der Waals surface area contributed by atoms with Crippen LogP contribution < -0.4 is 15.7 Å². The summed E-state index contributed by atoms with van der Waals surface area (Å²) in [5.41, 5.74) is 5.48. The fourth-order valence-electron chi connectivity index (χ4n) is 3.35. The molecule has 0 bridgehead atoms. The second-order valence-corrected chi connectivity index (χ2v) is 6.91. The van der Waals surface area contributed by atoms with Crippen LogP contribution in [0.5, 0.6) is 5.75 Å². The average Bonchev–Trinajstić information content (AvgIpc) is 3.11. The Kier molecular flexibility index (Phi) is 5.21. The molecule has 6 nitrogen and oxygen atoms in total. The highest BCUT2D eigenvalue weighted by molar-refractivity contribution is 5.86. The van der Waals surface area contributed by atoms with Gasteiger partial charge in [0.1, 0.15) is 5.75 Å². The van der Waals surface area contributed by atoms with Gasteiger partial charge in [-0.05, 0) is 42.3 Å². The molecule has 2 aromatic carbocycles. The lowest BCUT2D eigenvalue weighted by Gasteiger charge is -2.20. The van der Waals surface area contributed by atoms with E-state index in [4.69, 9.17) is 0 Å². The van der Waals surface area contributed by atoms with Gasteiger partial charge in [-0.25, -0.2) is 10.1 Å². The van der Waals surface area contributed by atoms with E-state index in [-0.39, 0.29) is 11.3 Å². The van der Waals surface area contributed by atoms with Crippen LogP contribution in [0.3, 0.4) is 0 Å². The molecule has 0 saturated heterocycles. The summed E-state index contributed by atoms with van der Waals surface area (Å²) in [5, 5.41) is 7.42. The normalized spacial score (nSPS) is 14.3. The first-order valence-electron chi connectivity index (χ1n) is 9.34. The van der Waals surface area contributed by atoms with E-state index in [0.717, 1.165) is 17.8 Å². The topological polar surface area (TPSA) is 59.4 Å². The zero-order valence-electron chi connectivity index (χ0n) is 16.1. The summed E-state index contributed by atoms with van der Waals surface area (Å²) in [7, 11) is 0. The number of fused-ring (bicyclic) bond motifs is 1. The van der Waals surface area contributed by atoms with Crippen molar-refractivity contribution in [1.82, 2.24) is 20.2 Å². The molecule has 0 radical (unpaired) electrons. The lowest BCUT2D eigenvalue weighted by atomic mass is 10.0. The molecule has 1 N–H and O–H groups in total. The highest BCUT2D eigenvalue weighted by Crippen LogP contribution is 2.27. The van der Waals surface area contributed by atoms with Gasteiger partial charge < -0.3 is 9.75 Å². The Labute approximate surface area is 170 Å². The first kappa shape index (κ1) is 20.0. The van der Waals surface area contributed by atoms with Crippen LogP contribution in [0.4, 0.5) is 13.2 Å². The molecule has 0 atom stereocenters. The molecule has 3 aromatic rings. The van der Waals surface area contributed by atoms with Crippen molar-refractivity contribution in [3.8, 4) is 16.9 Å². The van der Waals surface area contributed by atoms with E-state index < -0.39 is 6.36 Å². The number of aromatic nitrogens is 2. The number of alkyl halides is 3. The van der Waals surface area contributed by atoms with Gasteiger partial charge in [-0.15, -0.1) is 13.2 Å². The van der Waals surface area contributed by atoms with Gasteiger partial charge in [0, 0.05) is 17.6 Å². The second-order valence-electron chi connectivity index (χ2n) is 6.91. The third-order valence-electron chi connectivity index (χ3n) is 4.92. The summed E-state index contributed by atoms with van der Waals surface area (Å²) in [6.07, 6.45) is -1.03. The van der Waals surface area contributed by atoms with Gasteiger partial charge in [0.05, 0.1) is 24.7 Å². The van der Waals surface area contributed by atoms with Gasteiger partial charge >= 0.3 is 6.36 Å². The highest BCUT2D eigenvalue weighted by Gasteiger charge is 2.30. The first-order valence-corrected chi connectivity index (χ1v) is 9.34. The van der Waals surface area contributed by atoms with Crippen LogP contribution in [0, 0.1) is 0 Å². The quantitative estimate of drug-likeness (QED) is 0.688. The third kappa shape index (κ3) is 4.30. The summed E-state index contributed by atoms with van der Waals surface area (Å²) in [5.74, 6) is -0.293. The number of halogens is 3. The van der Waals surface area contributed by atoms with E-state index in [1.54, 1.807) is 24.4 Å². The molecule has 30 heavy (non-hydrogen) atoms. The molecule has 0 amide bonds. The van der Waals surface area contributed by atoms with Gasteiger partial charge in [0.2, 0.25) is 0 Å². The molecule has 9 heteroatoms. The largest absolute Gasteiger partial charge is 0.573 e. The maximum atomic E-state index is 12.9. The summed E-state index contributed by atoms with van der Waals surface area (Å²) in [4.78, 5) is 12.9. The van der Waals surface area contributed by atoms with Crippen molar-refractivity contribution in [3.63, 3.8) is 0 Å². The van der Waals surface area contributed by atoms with Crippen molar-refractivity contribution in [2.45, 2.75) is 19.8 Å². The Morgan fingerprint density at radius 3 is 2.50 bits per heavy atom. The van der Waals surface area contributed by atoms with Crippen LogP contribution in [-0.4, -0.2) is 34.2 Å². The minimum atomic E-state index is -4.73. The number of hydrogen-bond donors (Lipinski definition) is 1. The zero-order chi connectivity index (χ0) is 21.3. The maximum Gasteiger partial charge on any atom is 0.573 e. The molecule has 0 aliphatic carbocycles. The molecule has 0 unspecified atom stereocenters. The molecule has 1 aliphatic heterocycles. The van der Waals surface area contributed by atoms with Crippen molar-refractivity contribution < 1.29 is 17.9 Å². The van der Waals surface area contributed by atoms with Crippen LogP contribution in [0.2, 0.25) is 0 Å². The predicted molar refractivity (Wildman–Crippen MR) is 107 cm³/mol. The van der Waals surface area contributed by atoms with Crippen LogP contribution in [-0.2, 0) is 6.54 Å². The zero-order valence-corrected chi connectivity index (χ0v) is 16.1. The van der Waals surface area contributed by atoms with Crippen molar-refractivity contribution >= 4 is 10.8 Å². The minimum Gasteiger partial charge on any atom is -0.406 e. The molecule has 1 aromatic heterocycles. The molecule has 0 spiro atoms. The molecule has 0 fully saturated rings. The van der Waals surface area contributed by atoms with Gasteiger partial charge in [0.15, 0.2) is 0 Å². The number of nitrogens with one attached hydrogen (secondary N) is 1. The van der Waals surface area contributed by atoms with E-state index in [2.05, 4.69) is 21.3 Å². The van der Waals surface area contributed by atoms with E-state index in [0.29, 0.717) is 29.4 Å². The molecular formula is C21H19F3N4O2. The Morgan fingerprint density at radius 2 is 1.83 bits per heavy atom. The van der Waals surface area contributed by atoms with Crippen molar-refractivity contribution in [1.29, 1.82) is 0 Å². The van der Waals surface area contributed by atoms with E-state index in [1.165, 1.54) is 28.9 Å². The fraction of sp³-hybridized carbons (Fsp3) is 0.238. The van der Waals surface area contributed by atoms with Gasteiger partial charge in [-0.3, -0.25) is 4.79 Å². The van der Waals surface area contributed by atoms with Crippen molar-refractivity contribution in [3.05, 3.63) is 70.8 Å². The number of benzene rings is 2. The smallest absolute Gasteiger partial charge is 0.406 e. The molecule has 1 aliphatic rings. The molecule has 4 rings (SSSR count). The van der Waals surface area contributed by atoms with Gasteiger partial charge in [0.25, 0.3) is 5.56 Å². The number of rotatable bonds is 5. The second kappa shape index (κ2) is 7.83. The minimum absolute atomic E-state index is 0.216. The molecule has 2 heterocycles. The van der Waals surface area contributed by atoms with E-state index >= 15 is 0 Å². The Morgan fingerprint density at radius 1 is 1.10 bits per heavy atom. The lowest BCUT2D eigenvalue weighted by Crippen LogP contribution is -2.36. The van der Waals surface area contributed by atoms with E-state index in [9.17, 15) is 18.0 Å². The molecule has 156 valence electrons. The number of allylic oxidation sites excluding steroid dienone is 1. The molecule has 0 saturated carbocycles. The van der Waals surface area contributed by atoms with Crippen molar-refractivity contribution in [2.24, 2.45) is 0 Å². The lowest BCUT2D eigenvalue weighted by molar-refractivity contribution is -0.274. The van der Waals surface area contributed by atoms with Crippen LogP contribution >= 0.6 is 0 Å². The molecular weight excluding hydrogens is 397 g/mol. The first-order chi connectivity index (χ1) is 14.3. The van der Waals surface area contributed by atoms with Gasteiger partial charge in [-0.1, -0.05) is 24.3 Å². The number of nitrogens with zero attached hydrogens (tertiary/aromatic N) is 3. The van der Waals surface area contributed by atoms with Crippen LogP contribution in [0.15, 0.2) is 65.2 Å². The summed E-state index contributed by atoms with van der Waals surface area (Å²) < 4.78 is 42.3. The van der Waals surface area contributed by atoms with Gasteiger partial charge in [-0.2, -0.15) is 5.10 Å². The Balaban J connectivity index is 1.59. The summed E-state index contributed by atoms with van der Waals surface area (Å²) in [6, 6.07) is 10.8. The predicted octanol–water partition coefficient (Wildman–Crippen LogP) is 3.69. The van der Waals surface area contributed by atoms with Crippen LogP contribution in [0.25, 0.3) is 21.9 Å². The van der Waals surface area contributed by atoms with E-state index in [1.807, 2.05) is 11.9 Å². The number of ether oxygens (including phenoxy) is 1. The summed E-state index contributed by atoms with van der Waals surface area (Å²) >= 11 is 0. The SMILES string of the molecule is CC1=CCNN1CCn1ncc2ccc(-c3ccc(OC(F)(F)F)cc3)cc2c1=O. The highest BCUT2D eigenvalue weighted by atomic mass is 19.4. The Bertz CT molecular complexity index is 1150. The van der Waals surface area contributed by atoms with Crippen molar-refractivity contribution in [2.75, 3.05) is 13.1 Å². The number of hydrazine groups is 1. The monoisotopic (exact) mass is 416 g/mol. The standard InChI is InChI=1S/C21H19F3N4O2/c1-14-8-9-25-27(14)10-11-28-20(29)19-12-16(2-3-17(19)13-26-28)15-4-6-18(7-5-15)30-21(22,23)24/h2-8,12-13,25H,9-11H2,1H3. The fourth-order valence-corrected chi connectivity index (χ4v) is 3.35. The maximum absolute atomic E-state index is 12.9. The number of hydrogen-bond acceptors (Lipinski definition) is 5. The average molecular weight is 416 g/mol. The van der Waals surface area contributed by atoms with Crippen LogP contribution in [0.1, 0.15) is 6.92 Å². The summed E-state index contributed by atoms with van der Waals surface area (Å²) in [6.45, 7) is 3.78. The Hall–Kier alpha value is -3.33. The third-order valence-corrected chi connectivity index (χ3v) is 4.92.